The lowest BCUT2D eigenvalue weighted by atomic mass is 10.2. The summed E-state index contributed by atoms with van der Waals surface area (Å²) in [6, 6.07) is 10.3. The average molecular weight is 384 g/mol. The third-order valence-corrected chi connectivity index (χ3v) is 5.76. The number of piperazine rings is 1. The van der Waals surface area contributed by atoms with Crippen molar-refractivity contribution in [1.82, 2.24) is 14.1 Å². The number of hydrogen-bond acceptors (Lipinski definition) is 5. The number of sulfonamides is 1. The first-order valence-corrected chi connectivity index (χ1v) is 10.7. The highest BCUT2D eigenvalue weighted by atomic mass is 32.2. The maximum Gasteiger partial charge on any atom is 0.237 e. The van der Waals surface area contributed by atoms with Crippen molar-refractivity contribution in [2.45, 2.75) is 13.0 Å². The zero-order valence-electron chi connectivity index (χ0n) is 15.6. The summed E-state index contributed by atoms with van der Waals surface area (Å²) >= 11 is 0. The summed E-state index contributed by atoms with van der Waals surface area (Å²) in [4.78, 5) is 16.6. The molecular formula is C18H29N3O4S. The van der Waals surface area contributed by atoms with Crippen LogP contribution in [0, 0.1) is 0 Å². The van der Waals surface area contributed by atoms with Crippen LogP contribution in [0.4, 0.5) is 0 Å². The topological polar surface area (TPSA) is 70.2 Å². The van der Waals surface area contributed by atoms with Gasteiger partial charge >= 0.3 is 0 Å². The normalized spacial score (nSPS) is 16.2. The Kier molecular flexibility index (Phi) is 8.02. The standard InChI is InChI=1S/C18H29N3O4S/c1-25-14-6-9-21(26(2,23)24)16-18(22)20-12-10-19(11-13-20)15-17-7-4-3-5-8-17/h3-5,7-8H,6,9-16H2,1-2H3. The van der Waals surface area contributed by atoms with E-state index in [2.05, 4.69) is 17.0 Å². The van der Waals surface area contributed by atoms with Crippen LogP contribution in [0.3, 0.4) is 0 Å². The lowest BCUT2D eigenvalue weighted by Crippen LogP contribution is -2.51. The Morgan fingerprint density at radius 2 is 1.81 bits per heavy atom. The second kappa shape index (κ2) is 10.0. The van der Waals surface area contributed by atoms with Crippen LogP contribution in [0.25, 0.3) is 0 Å². The fraction of sp³-hybridized carbons (Fsp3) is 0.611. The molecule has 26 heavy (non-hydrogen) atoms. The molecule has 0 N–H and O–H groups in total. The number of hydrogen-bond donors (Lipinski definition) is 0. The Hall–Kier alpha value is -1.48. The van der Waals surface area contributed by atoms with E-state index < -0.39 is 10.0 Å². The molecule has 2 rings (SSSR count). The fourth-order valence-corrected chi connectivity index (χ4v) is 3.80. The second-order valence-electron chi connectivity index (χ2n) is 6.59. The Morgan fingerprint density at radius 1 is 1.15 bits per heavy atom. The van der Waals surface area contributed by atoms with Crippen molar-refractivity contribution in [3.8, 4) is 0 Å². The number of amides is 1. The summed E-state index contributed by atoms with van der Waals surface area (Å²) < 4.78 is 30.0. The van der Waals surface area contributed by atoms with Crippen LogP contribution in [-0.2, 0) is 26.1 Å². The maximum absolute atomic E-state index is 12.5. The van der Waals surface area contributed by atoms with Crippen molar-refractivity contribution >= 4 is 15.9 Å². The highest BCUT2D eigenvalue weighted by molar-refractivity contribution is 7.88. The van der Waals surface area contributed by atoms with E-state index >= 15 is 0 Å². The van der Waals surface area contributed by atoms with E-state index in [0.717, 1.165) is 25.9 Å². The summed E-state index contributed by atoms with van der Waals surface area (Å²) in [5.41, 5.74) is 1.26. The molecule has 1 aromatic rings. The van der Waals surface area contributed by atoms with E-state index in [1.165, 1.54) is 9.87 Å². The first-order chi connectivity index (χ1) is 12.4. The molecule has 0 spiro atoms. The molecule has 1 aromatic carbocycles. The predicted molar refractivity (Wildman–Crippen MR) is 101 cm³/mol. The number of methoxy groups -OCH3 is 1. The van der Waals surface area contributed by atoms with Gasteiger partial charge in [0.2, 0.25) is 15.9 Å². The number of benzene rings is 1. The third kappa shape index (κ3) is 6.68. The van der Waals surface area contributed by atoms with E-state index in [4.69, 9.17) is 4.74 Å². The van der Waals surface area contributed by atoms with Crippen LogP contribution >= 0.6 is 0 Å². The number of rotatable bonds is 9. The molecule has 0 aromatic heterocycles. The van der Waals surface area contributed by atoms with Gasteiger partial charge in [0.05, 0.1) is 12.8 Å². The molecule has 1 aliphatic heterocycles. The molecule has 8 heteroatoms. The van der Waals surface area contributed by atoms with Gasteiger partial charge in [0.1, 0.15) is 0 Å². The lowest BCUT2D eigenvalue weighted by molar-refractivity contribution is -0.133. The van der Waals surface area contributed by atoms with Gasteiger partial charge in [0.25, 0.3) is 0 Å². The van der Waals surface area contributed by atoms with Crippen molar-refractivity contribution in [2.24, 2.45) is 0 Å². The molecule has 1 amide bonds. The van der Waals surface area contributed by atoms with Crippen LogP contribution in [0.1, 0.15) is 12.0 Å². The molecule has 1 aliphatic rings. The van der Waals surface area contributed by atoms with E-state index in [1.807, 2.05) is 18.2 Å². The van der Waals surface area contributed by atoms with Crippen LogP contribution in [-0.4, -0.2) is 87.7 Å². The van der Waals surface area contributed by atoms with Gasteiger partial charge in [-0.05, 0) is 12.0 Å². The molecule has 1 saturated heterocycles. The van der Waals surface area contributed by atoms with Gasteiger partial charge < -0.3 is 9.64 Å². The maximum atomic E-state index is 12.5. The number of carbonyl (C=O) groups excluding carboxylic acids is 1. The zero-order valence-corrected chi connectivity index (χ0v) is 16.5. The molecular weight excluding hydrogens is 354 g/mol. The Labute approximate surface area is 156 Å². The highest BCUT2D eigenvalue weighted by Crippen LogP contribution is 2.10. The number of ether oxygens (including phenoxy) is 1. The summed E-state index contributed by atoms with van der Waals surface area (Å²) in [5, 5.41) is 0. The van der Waals surface area contributed by atoms with Gasteiger partial charge in [-0.3, -0.25) is 9.69 Å². The summed E-state index contributed by atoms with van der Waals surface area (Å²) in [7, 11) is -1.84. The first-order valence-electron chi connectivity index (χ1n) is 8.88. The third-order valence-electron chi connectivity index (χ3n) is 4.51. The van der Waals surface area contributed by atoms with Gasteiger partial charge in [-0.1, -0.05) is 30.3 Å². The van der Waals surface area contributed by atoms with Crippen LogP contribution in [0.15, 0.2) is 30.3 Å². The quantitative estimate of drug-likeness (QED) is 0.585. The minimum atomic E-state index is -3.41. The average Bonchev–Trinajstić information content (AvgIpc) is 2.61. The Balaban J connectivity index is 1.82. The van der Waals surface area contributed by atoms with E-state index in [9.17, 15) is 13.2 Å². The second-order valence-corrected chi connectivity index (χ2v) is 8.57. The molecule has 146 valence electrons. The molecule has 0 aliphatic carbocycles. The van der Waals surface area contributed by atoms with Gasteiger partial charge in [-0.25, -0.2) is 8.42 Å². The summed E-state index contributed by atoms with van der Waals surface area (Å²) in [6.07, 6.45) is 1.71. The van der Waals surface area contributed by atoms with E-state index in [0.29, 0.717) is 32.7 Å². The van der Waals surface area contributed by atoms with E-state index in [1.54, 1.807) is 12.0 Å². The Morgan fingerprint density at radius 3 is 2.38 bits per heavy atom. The molecule has 1 fully saturated rings. The van der Waals surface area contributed by atoms with Gasteiger partial charge in [0, 0.05) is 53.0 Å². The van der Waals surface area contributed by atoms with Crippen LogP contribution in [0.5, 0.6) is 0 Å². The van der Waals surface area contributed by atoms with Crippen molar-refractivity contribution in [3.05, 3.63) is 35.9 Å². The summed E-state index contributed by atoms with van der Waals surface area (Å²) in [6.45, 7) is 4.39. The number of carbonyl (C=O) groups is 1. The molecule has 7 nitrogen and oxygen atoms in total. The summed E-state index contributed by atoms with van der Waals surface area (Å²) in [5.74, 6) is -0.132. The number of nitrogens with zero attached hydrogens (tertiary/aromatic N) is 3. The minimum Gasteiger partial charge on any atom is -0.385 e. The van der Waals surface area contributed by atoms with Crippen molar-refractivity contribution in [2.75, 3.05) is 59.2 Å². The predicted octanol–water partition coefficient (Wildman–Crippen LogP) is 0.629. The van der Waals surface area contributed by atoms with Crippen molar-refractivity contribution in [1.29, 1.82) is 0 Å². The molecule has 0 saturated carbocycles. The molecule has 0 unspecified atom stereocenters. The monoisotopic (exact) mass is 383 g/mol. The highest BCUT2D eigenvalue weighted by Gasteiger charge is 2.26. The van der Waals surface area contributed by atoms with Crippen molar-refractivity contribution < 1.29 is 17.9 Å². The van der Waals surface area contributed by atoms with Gasteiger partial charge in [-0.2, -0.15) is 4.31 Å². The van der Waals surface area contributed by atoms with Crippen LogP contribution < -0.4 is 0 Å². The Bertz CT molecular complexity index is 658. The van der Waals surface area contributed by atoms with Crippen LogP contribution in [0.2, 0.25) is 0 Å². The first kappa shape index (κ1) is 20.8. The van der Waals surface area contributed by atoms with E-state index in [-0.39, 0.29) is 12.5 Å². The molecule has 0 radical (unpaired) electrons. The minimum absolute atomic E-state index is 0.0960. The zero-order chi connectivity index (χ0) is 19.0. The van der Waals surface area contributed by atoms with Crippen molar-refractivity contribution in [3.63, 3.8) is 0 Å². The molecule has 0 atom stereocenters. The van der Waals surface area contributed by atoms with Gasteiger partial charge in [-0.15, -0.1) is 0 Å². The van der Waals surface area contributed by atoms with Gasteiger partial charge in [0.15, 0.2) is 0 Å². The smallest absolute Gasteiger partial charge is 0.237 e. The molecule has 0 bridgehead atoms. The SMILES string of the molecule is COCCCN(CC(=O)N1CCN(Cc2ccccc2)CC1)S(C)(=O)=O. The largest absolute Gasteiger partial charge is 0.385 e. The fourth-order valence-electron chi connectivity index (χ4n) is 3.00. The lowest BCUT2D eigenvalue weighted by Gasteiger charge is -2.35. The molecule has 1 heterocycles.